The molecule has 0 bridgehead atoms. The van der Waals surface area contributed by atoms with Crippen LogP contribution in [-0.4, -0.2) is 33.9 Å². The first kappa shape index (κ1) is 22.5. The van der Waals surface area contributed by atoms with Crippen LogP contribution in [0.25, 0.3) is 0 Å². The van der Waals surface area contributed by atoms with Gasteiger partial charge >= 0.3 is 6.18 Å². The lowest BCUT2D eigenvalue weighted by atomic mass is 10.1. The Kier molecular flexibility index (Phi) is 6.43. The van der Waals surface area contributed by atoms with Crippen LogP contribution in [0.2, 0.25) is 0 Å². The first-order valence-corrected chi connectivity index (χ1v) is 10.6. The highest BCUT2D eigenvalue weighted by Crippen LogP contribution is 2.27. The van der Waals surface area contributed by atoms with Gasteiger partial charge in [-0.1, -0.05) is 0 Å². The van der Waals surface area contributed by atoms with Crippen molar-refractivity contribution >= 4 is 29.0 Å². The minimum absolute atomic E-state index is 0.0342. The maximum absolute atomic E-state index is 12.6. The van der Waals surface area contributed by atoms with E-state index in [1.807, 2.05) is 13.0 Å². The lowest BCUT2D eigenvalue weighted by Gasteiger charge is -2.27. The van der Waals surface area contributed by atoms with Crippen LogP contribution in [0.4, 0.5) is 36.3 Å². The highest BCUT2D eigenvalue weighted by molar-refractivity contribution is 6.04. The molecule has 3 heterocycles. The maximum Gasteiger partial charge on any atom is 0.433 e. The topological polar surface area (TPSA) is 83.0 Å². The number of nitrogens with zero attached hydrogens (tertiary/aromatic N) is 4. The van der Waals surface area contributed by atoms with Crippen LogP contribution in [0.5, 0.6) is 0 Å². The summed E-state index contributed by atoms with van der Waals surface area (Å²) in [6.45, 7) is 3.83. The van der Waals surface area contributed by atoms with Gasteiger partial charge in [0.05, 0.1) is 5.56 Å². The monoisotopic (exact) mass is 456 g/mol. The molecule has 4 rings (SSSR count). The molecule has 1 aromatic carbocycles. The van der Waals surface area contributed by atoms with Crippen molar-refractivity contribution in [2.45, 2.75) is 32.4 Å². The summed E-state index contributed by atoms with van der Waals surface area (Å²) in [6.07, 6.45) is -0.142. The summed E-state index contributed by atoms with van der Waals surface area (Å²) in [4.78, 5) is 27.0. The summed E-state index contributed by atoms with van der Waals surface area (Å²) in [5, 5.41) is 5.90. The fourth-order valence-corrected chi connectivity index (χ4v) is 3.54. The molecule has 0 spiro atoms. The highest BCUT2D eigenvalue weighted by Gasteiger charge is 2.32. The van der Waals surface area contributed by atoms with Gasteiger partial charge in [0.1, 0.15) is 11.5 Å². The minimum atomic E-state index is -4.55. The minimum Gasteiger partial charge on any atom is -0.341 e. The van der Waals surface area contributed by atoms with Crippen molar-refractivity contribution in [3.8, 4) is 0 Å². The van der Waals surface area contributed by atoms with Crippen LogP contribution in [0.15, 0.2) is 48.7 Å². The number of aromatic nitrogens is 3. The Labute approximate surface area is 189 Å². The lowest BCUT2D eigenvalue weighted by molar-refractivity contribution is -0.141. The molecule has 2 aromatic heterocycles. The molecule has 1 amide bonds. The van der Waals surface area contributed by atoms with E-state index in [9.17, 15) is 18.0 Å². The number of halogens is 3. The van der Waals surface area contributed by atoms with Crippen molar-refractivity contribution in [2.75, 3.05) is 28.6 Å². The normalized spacial score (nSPS) is 14.1. The predicted molar refractivity (Wildman–Crippen MR) is 120 cm³/mol. The number of hydrogen-bond acceptors (Lipinski definition) is 6. The SMILES string of the molecule is Cc1cc(Nc2ccc(NC(=O)c3ccc(C(F)(F)F)nc3)cc2)nc(N2CCCCC2)n1. The van der Waals surface area contributed by atoms with E-state index >= 15 is 0 Å². The van der Waals surface area contributed by atoms with Crippen LogP contribution in [0.3, 0.4) is 0 Å². The van der Waals surface area contributed by atoms with E-state index in [1.54, 1.807) is 24.3 Å². The number of amides is 1. The Hall–Kier alpha value is -3.69. The number of aryl methyl sites for hydroxylation is 1. The van der Waals surface area contributed by atoms with E-state index in [4.69, 9.17) is 0 Å². The molecule has 10 heteroatoms. The van der Waals surface area contributed by atoms with Gasteiger partial charge in [-0.2, -0.15) is 18.2 Å². The summed E-state index contributed by atoms with van der Waals surface area (Å²) in [6, 6.07) is 10.7. The molecule has 7 nitrogen and oxygen atoms in total. The smallest absolute Gasteiger partial charge is 0.341 e. The third-order valence-electron chi connectivity index (χ3n) is 5.21. The molecule has 2 N–H and O–H groups in total. The van der Waals surface area contributed by atoms with E-state index in [0.717, 1.165) is 55.6 Å². The van der Waals surface area contributed by atoms with Crippen LogP contribution < -0.4 is 15.5 Å². The molecule has 1 aliphatic rings. The summed E-state index contributed by atoms with van der Waals surface area (Å²) in [7, 11) is 0. The fraction of sp³-hybridized carbons (Fsp3) is 0.304. The standard InChI is InChI=1S/C23H23F3N6O/c1-15-13-20(31-22(28-15)32-11-3-2-4-12-32)29-17-6-8-18(9-7-17)30-21(33)16-5-10-19(27-14-16)23(24,25)26/h5-10,13-14H,2-4,11-12H2,1H3,(H,30,33)(H,28,29,31). The number of pyridine rings is 1. The molecular formula is C23H23F3N6O. The second-order valence-corrected chi connectivity index (χ2v) is 7.83. The van der Waals surface area contributed by atoms with Crippen molar-refractivity contribution in [3.63, 3.8) is 0 Å². The Morgan fingerprint density at radius 2 is 1.67 bits per heavy atom. The van der Waals surface area contributed by atoms with Gasteiger partial charge in [-0.3, -0.25) is 9.78 Å². The average Bonchev–Trinajstić information content (AvgIpc) is 2.80. The van der Waals surface area contributed by atoms with E-state index in [0.29, 0.717) is 17.5 Å². The van der Waals surface area contributed by atoms with Gasteiger partial charge in [-0.25, -0.2) is 4.98 Å². The van der Waals surface area contributed by atoms with Crippen LogP contribution in [0, 0.1) is 6.92 Å². The Balaban J connectivity index is 1.40. The number of alkyl halides is 3. The summed E-state index contributed by atoms with van der Waals surface area (Å²) in [5.74, 6) is 0.844. The molecule has 0 aliphatic carbocycles. The summed E-state index contributed by atoms with van der Waals surface area (Å²) in [5.41, 5.74) is 1.12. The third-order valence-corrected chi connectivity index (χ3v) is 5.21. The largest absolute Gasteiger partial charge is 0.433 e. The van der Waals surface area contributed by atoms with Crippen LogP contribution in [-0.2, 0) is 6.18 Å². The third kappa shape index (κ3) is 5.76. The summed E-state index contributed by atoms with van der Waals surface area (Å²) >= 11 is 0. The van der Waals surface area contributed by atoms with Gasteiger partial charge in [-0.15, -0.1) is 0 Å². The van der Waals surface area contributed by atoms with Crippen molar-refractivity contribution in [1.82, 2.24) is 15.0 Å². The summed E-state index contributed by atoms with van der Waals surface area (Å²) < 4.78 is 37.9. The molecule has 1 saturated heterocycles. The number of piperidine rings is 1. The van der Waals surface area contributed by atoms with Crippen LogP contribution in [0.1, 0.15) is 41.0 Å². The zero-order valence-corrected chi connectivity index (χ0v) is 18.0. The number of nitrogens with one attached hydrogen (secondary N) is 2. The van der Waals surface area contributed by atoms with E-state index < -0.39 is 17.8 Å². The van der Waals surface area contributed by atoms with Gasteiger partial charge in [0.25, 0.3) is 5.91 Å². The fourth-order valence-electron chi connectivity index (χ4n) is 3.54. The van der Waals surface area contributed by atoms with E-state index in [-0.39, 0.29) is 5.56 Å². The predicted octanol–water partition coefficient (Wildman–Crippen LogP) is 5.19. The maximum atomic E-state index is 12.6. The quantitative estimate of drug-likeness (QED) is 0.550. The van der Waals surface area contributed by atoms with Crippen molar-refractivity contribution < 1.29 is 18.0 Å². The molecule has 1 aliphatic heterocycles. The number of anilines is 4. The molecule has 0 radical (unpaired) electrons. The molecule has 0 saturated carbocycles. The lowest BCUT2D eigenvalue weighted by Crippen LogP contribution is -2.31. The highest BCUT2D eigenvalue weighted by atomic mass is 19.4. The van der Waals surface area contributed by atoms with Gasteiger partial charge in [0.2, 0.25) is 5.95 Å². The molecule has 172 valence electrons. The Morgan fingerprint density at radius 1 is 0.970 bits per heavy atom. The number of hydrogen-bond donors (Lipinski definition) is 2. The number of carbonyl (C=O) groups is 1. The van der Waals surface area contributed by atoms with E-state index in [1.165, 1.54) is 6.42 Å². The van der Waals surface area contributed by atoms with Gasteiger partial charge < -0.3 is 15.5 Å². The number of rotatable bonds is 5. The molecule has 1 fully saturated rings. The zero-order valence-electron chi connectivity index (χ0n) is 18.0. The number of benzene rings is 1. The number of carbonyl (C=O) groups excluding carboxylic acids is 1. The molecule has 3 aromatic rings. The second kappa shape index (κ2) is 9.43. The molecular weight excluding hydrogens is 433 g/mol. The second-order valence-electron chi connectivity index (χ2n) is 7.83. The van der Waals surface area contributed by atoms with Gasteiger partial charge in [-0.05, 0) is 62.6 Å². The first-order valence-electron chi connectivity index (χ1n) is 10.6. The first-order chi connectivity index (χ1) is 15.8. The molecule has 33 heavy (non-hydrogen) atoms. The van der Waals surface area contributed by atoms with E-state index in [2.05, 4.69) is 30.5 Å². The van der Waals surface area contributed by atoms with Crippen molar-refractivity contribution in [1.29, 1.82) is 0 Å². The van der Waals surface area contributed by atoms with Crippen molar-refractivity contribution in [3.05, 3.63) is 65.6 Å². The van der Waals surface area contributed by atoms with Crippen molar-refractivity contribution in [2.24, 2.45) is 0 Å². The molecule has 0 atom stereocenters. The molecule has 0 unspecified atom stereocenters. The zero-order chi connectivity index (χ0) is 23.4. The van der Waals surface area contributed by atoms with Gasteiger partial charge in [0, 0.05) is 42.4 Å². The Bertz CT molecular complexity index is 1110. The average molecular weight is 456 g/mol. The van der Waals surface area contributed by atoms with Gasteiger partial charge in [0.15, 0.2) is 0 Å². The Morgan fingerprint density at radius 3 is 2.30 bits per heavy atom. The van der Waals surface area contributed by atoms with Crippen LogP contribution >= 0.6 is 0 Å².